The molecule has 4 nitrogen and oxygen atoms in total. The van der Waals surface area contributed by atoms with Gasteiger partial charge in [0.05, 0.1) is 0 Å². The molecule has 1 rings (SSSR count). The highest BCUT2D eigenvalue weighted by Gasteiger charge is 2.38. The summed E-state index contributed by atoms with van der Waals surface area (Å²) in [7, 11) is 0. The number of aliphatic carboxylic acids is 1. The Morgan fingerprint density at radius 2 is 2.00 bits per heavy atom. The summed E-state index contributed by atoms with van der Waals surface area (Å²) >= 11 is 0. The second-order valence-corrected chi connectivity index (χ2v) is 3.47. The predicted octanol–water partition coefficient (Wildman–Crippen LogP) is 0.637. The van der Waals surface area contributed by atoms with E-state index in [9.17, 15) is 4.79 Å². The minimum Gasteiger partial charge on any atom is -0.480 e. The molecule has 1 unspecified atom stereocenters. The van der Waals surface area contributed by atoms with Crippen LogP contribution in [0.25, 0.3) is 0 Å². The van der Waals surface area contributed by atoms with Crippen LogP contribution in [0.3, 0.4) is 0 Å². The molecule has 5 heteroatoms. The number of nitrogens with two attached hydrogens (primary N) is 1. The van der Waals surface area contributed by atoms with Crippen molar-refractivity contribution in [1.29, 1.82) is 0 Å². The first-order valence-corrected chi connectivity index (χ1v) is 4.15. The van der Waals surface area contributed by atoms with Crippen LogP contribution < -0.4 is 5.73 Å². The molecule has 0 aromatic carbocycles. The Morgan fingerprint density at radius 3 is 2.38 bits per heavy atom. The number of ether oxygens (including phenoxy) is 1. The SMILES string of the molecule is CC(N)(C(=O)O)C1CCOCC1.Cl. The summed E-state index contributed by atoms with van der Waals surface area (Å²) < 4.78 is 5.13. The van der Waals surface area contributed by atoms with Gasteiger partial charge in [0, 0.05) is 13.2 Å². The third-order valence-electron chi connectivity index (χ3n) is 2.53. The maximum Gasteiger partial charge on any atom is 0.323 e. The predicted molar refractivity (Wildman–Crippen MR) is 51.0 cm³/mol. The molecule has 0 saturated carbocycles. The van der Waals surface area contributed by atoms with Gasteiger partial charge in [-0.05, 0) is 25.7 Å². The third-order valence-corrected chi connectivity index (χ3v) is 2.53. The number of carboxylic acid groups (broad SMARTS) is 1. The molecule has 1 aliphatic heterocycles. The van der Waals surface area contributed by atoms with Gasteiger partial charge in [-0.2, -0.15) is 0 Å². The lowest BCUT2D eigenvalue weighted by Crippen LogP contribution is -2.52. The van der Waals surface area contributed by atoms with Gasteiger partial charge in [-0.3, -0.25) is 4.79 Å². The molecule has 0 aromatic rings. The molecule has 0 amide bonds. The Hall–Kier alpha value is -0.320. The van der Waals surface area contributed by atoms with E-state index in [1.807, 2.05) is 0 Å². The van der Waals surface area contributed by atoms with Crippen molar-refractivity contribution in [2.24, 2.45) is 11.7 Å². The monoisotopic (exact) mass is 209 g/mol. The first-order chi connectivity index (χ1) is 5.55. The highest BCUT2D eigenvalue weighted by atomic mass is 35.5. The first-order valence-electron chi connectivity index (χ1n) is 4.15. The Kier molecular flexibility index (Phi) is 4.67. The van der Waals surface area contributed by atoms with Crippen molar-refractivity contribution < 1.29 is 14.6 Å². The fourth-order valence-electron chi connectivity index (χ4n) is 1.47. The number of rotatable bonds is 2. The Bertz CT molecular complexity index is 178. The Morgan fingerprint density at radius 1 is 1.54 bits per heavy atom. The van der Waals surface area contributed by atoms with Gasteiger partial charge in [0.15, 0.2) is 0 Å². The van der Waals surface area contributed by atoms with Gasteiger partial charge in [-0.1, -0.05) is 0 Å². The lowest BCUT2D eigenvalue weighted by molar-refractivity contribution is -0.146. The molecular formula is C8H16ClNO3. The van der Waals surface area contributed by atoms with Gasteiger partial charge in [0.1, 0.15) is 5.54 Å². The van der Waals surface area contributed by atoms with E-state index in [2.05, 4.69) is 0 Å². The lowest BCUT2D eigenvalue weighted by atomic mass is 9.81. The van der Waals surface area contributed by atoms with Gasteiger partial charge >= 0.3 is 5.97 Å². The summed E-state index contributed by atoms with van der Waals surface area (Å²) in [5.41, 5.74) is 4.59. The molecule has 0 spiro atoms. The lowest BCUT2D eigenvalue weighted by Gasteiger charge is -2.32. The molecule has 0 radical (unpaired) electrons. The van der Waals surface area contributed by atoms with E-state index < -0.39 is 11.5 Å². The Balaban J connectivity index is 0.00000144. The smallest absolute Gasteiger partial charge is 0.323 e. The quantitative estimate of drug-likeness (QED) is 0.700. The summed E-state index contributed by atoms with van der Waals surface area (Å²) in [6.45, 7) is 2.83. The van der Waals surface area contributed by atoms with E-state index in [1.54, 1.807) is 6.92 Å². The molecule has 3 N–H and O–H groups in total. The zero-order valence-corrected chi connectivity index (χ0v) is 8.47. The van der Waals surface area contributed by atoms with Crippen molar-refractivity contribution in [3.05, 3.63) is 0 Å². The minimum atomic E-state index is -1.09. The van der Waals surface area contributed by atoms with Gasteiger partial charge < -0.3 is 15.6 Å². The van der Waals surface area contributed by atoms with Crippen LogP contribution in [-0.2, 0) is 9.53 Å². The average molecular weight is 210 g/mol. The van der Waals surface area contributed by atoms with Crippen LogP contribution in [0.15, 0.2) is 0 Å². The van der Waals surface area contributed by atoms with Crippen LogP contribution in [-0.4, -0.2) is 29.8 Å². The first kappa shape index (κ1) is 12.7. The van der Waals surface area contributed by atoms with E-state index >= 15 is 0 Å². The fraction of sp³-hybridized carbons (Fsp3) is 0.875. The second kappa shape index (κ2) is 4.79. The van der Waals surface area contributed by atoms with E-state index in [4.69, 9.17) is 15.6 Å². The summed E-state index contributed by atoms with van der Waals surface area (Å²) in [5.74, 6) is -0.877. The molecule has 1 atom stereocenters. The molecule has 1 aliphatic rings. The van der Waals surface area contributed by atoms with Crippen molar-refractivity contribution in [1.82, 2.24) is 0 Å². The maximum atomic E-state index is 10.8. The molecular weight excluding hydrogens is 194 g/mol. The van der Waals surface area contributed by atoms with Crippen LogP contribution in [0.2, 0.25) is 0 Å². The van der Waals surface area contributed by atoms with Crippen LogP contribution in [0.5, 0.6) is 0 Å². The summed E-state index contributed by atoms with van der Waals surface area (Å²) in [4.78, 5) is 10.8. The highest BCUT2D eigenvalue weighted by molar-refractivity contribution is 5.85. The standard InChI is InChI=1S/C8H15NO3.ClH/c1-8(9,7(10)11)6-2-4-12-5-3-6;/h6H,2-5,9H2,1H3,(H,10,11);1H. The van der Waals surface area contributed by atoms with Crippen LogP contribution >= 0.6 is 12.4 Å². The highest BCUT2D eigenvalue weighted by Crippen LogP contribution is 2.25. The Labute approximate surface area is 83.9 Å². The minimum absolute atomic E-state index is 0. The zero-order chi connectivity index (χ0) is 9.19. The third kappa shape index (κ3) is 2.83. The molecule has 13 heavy (non-hydrogen) atoms. The molecule has 1 heterocycles. The van der Waals surface area contributed by atoms with Gasteiger partial charge in [0.25, 0.3) is 0 Å². The van der Waals surface area contributed by atoms with Crippen molar-refractivity contribution in [2.75, 3.05) is 13.2 Å². The largest absolute Gasteiger partial charge is 0.480 e. The number of hydrogen-bond donors (Lipinski definition) is 2. The van der Waals surface area contributed by atoms with Crippen LogP contribution in [0, 0.1) is 5.92 Å². The number of carbonyl (C=O) groups is 1. The average Bonchev–Trinajstić information content (AvgIpc) is 2.06. The summed E-state index contributed by atoms with van der Waals surface area (Å²) in [5, 5.41) is 8.83. The summed E-state index contributed by atoms with van der Waals surface area (Å²) in [6, 6.07) is 0. The normalized spacial score (nSPS) is 22.9. The van der Waals surface area contributed by atoms with Crippen molar-refractivity contribution in [2.45, 2.75) is 25.3 Å². The molecule has 78 valence electrons. The molecule has 1 fully saturated rings. The van der Waals surface area contributed by atoms with Gasteiger partial charge in [0.2, 0.25) is 0 Å². The zero-order valence-electron chi connectivity index (χ0n) is 7.66. The second-order valence-electron chi connectivity index (χ2n) is 3.47. The molecule has 1 saturated heterocycles. The maximum absolute atomic E-state index is 10.8. The molecule has 0 aromatic heterocycles. The topological polar surface area (TPSA) is 72.6 Å². The van der Waals surface area contributed by atoms with E-state index in [1.165, 1.54) is 0 Å². The van der Waals surface area contributed by atoms with E-state index in [0.717, 1.165) is 12.8 Å². The van der Waals surface area contributed by atoms with Gasteiger partial charge in [-0.25, -0.2) is 0 Å². The fourth-order valence-corrected chi connectivity index (χ4v) is 1.47. The van der Waals surface area contributed by atoms with Crippen LogP contribution in [0.4, 0.5) is 0 Å². The molecule has 0 bridgehead atoms. The van der Waals surface area contributed by atoms with Crippen molar-refractivity contribution in [3.63, 3.8) is 0 Å². The van der Waals surface area contributed by atoms with Crippen LogP contribution in [0.1, 0.15) is 19.8 Å². The number of halogens is 1. The number of carboxylic acids is 1. The molecule has 0 aliphatic carbocycles. The van der Waals surface area contributed by atoms with E-state index in [0.29, 0.717) is 13.2 Å². The number of hydrogen-bond acceptors (Lipinski definition) is 3. The van der Waals surface area contributed by atoms with Crippen molar-refractivity contribution in [3.8, 4) is 0 Å². The van der Waals surface area contributed by atoms with Gasteiger partial charge in [-0.15, -0.1) is 12.4 Å². The summed E-state index contributed by atoms with van der Waals surface area (Å²) in [6.07, 6.45) is 1.50. The van der Waals surface area contributed by atoms with Crippen molar-refractivity contribution >= 4 is 18.4 Å². The van der Waals surface area contributed by atoms with E-state index in [-0.39, 0.29) is 18.3 Å².